The molecule has 0 saturated carbocycles. The summed E-state index contributed by atoms with van der Waals surface area (Å²) in [6.07, 6.45) is 1.93. The number of amides is 1. The van der Waals surface area contributed by atoms with Gasteiger partial charge < -0.3 is 10.2 Å². The third kappa shape index (κ3) is 2.96. The summed E-state index contributed by atoms with van der Waals surface area (Å²) >= 11 is 0. The fourth-order valence-corrected chi connectivity index (χ4v) is 1.84. The molecule has 4 heteroatoms. The normalized spacial score (nSPS) is 27.2. The van der Waals surface area contributed by atoms with E-state index in [1.807, 2.05) is 6.07 Å². The molecule has 1 rings (SSSR count). The predicted molar refractivity (Wildman–Crippen MR) is 62.7 cm³/mol. The number of likely N-dealkylation sites (tertiary alicyclic amines) is 1. The Morgan fingerprint density at radius 3 is 2.69 bits per heavy atom. The van der Waals surface area contributed by atoms with Gasteiger partial charge in [0.25, 0.3) is 0 Å². The van der Waals surface area contributed by atoms with E-state index >= 15 is 0 Å². The van der Waals surface area contributed by atoms with Gasteiger partial charge in [-0.3, -0.25) is 4.79 Å². The van der Waals surface area contributed by atoms with E-state index in [9.17, 15) is 4.79 Å². The van der Waals surface area contributed by atoms with Crippen LogP contribution in [0.2, 0.25) is 0 Å². The molecule has 90 valence electrons. The number of piperidine rings is 1. The summed E-state index contributed by atoms with van der Waals surface area (Å²) in [6, 6.07) is 2.73. The second-order valence-electron chi connectivity index (χ2n) is 5.26. The second-order valence-corrected chi connectivity index (χ2v) is 5.26. The molecule has 0 aromatic rings. The monoisotopic (exact) mass is 223 g/mol. The minimum Gasteiger partial charge on any atom is -0.352 e. The molecule has 1 amide bonds. The van der Waals surface area contributed by atoms with E-state index in [1.54, 1.807) is 13.8 Å². The number of rotatable bonds is 2. The molecular weight excluding hydrogens is 202 g/mol. The fraction of sp³-hybridized carbons (Fsp3) is 0.833. The van der Waals surface area contributed by atoms with Gasteiger partial charge >= 0.3 is 0 Å². The topological polar surface area (TPSA) is 56.1 Å². The van der Waals surface area contributed by atoms with E-state index in [2.05, 4.69) is 24.2 Å². The molecule has 0 radical (unpaired) electrons. The molecule has 1 aliphatic heterocycles. The summed E-state index contributed by atoms with van der Waals surface area (Å²) in [6.45, 7) is 6.47. The first-order valence-electron chi connectivity index (χ1n) is 5.79. The zero-order chi connectivity index (χ0) is 12.3. The van der Waals surface area contributed by atoms with Crippen LogP contribution in [0.5, 0.6) is 0 Å². The molecule has 2 unspecified atom stereocenters. The average molecular weight is 223 g/mol. The van der Waals surface area contributed by atoms with E-state index in [0.717, 1.165) is 19.4 Å². The van der Waals surface area contributed by atoms with Gasteiger partial charge in [0.1, 0.15) is 5.41 Å². The molecule has 1 aliphatic rings. The van der Waals surface area contributed by atoms with E-state index in [4.69, 9.17) is 5.26 Å². The molecule has 1 fully saturated rings. The van der Waals surface area contributed by atoms with Crippen molar-refractivity contribution in [1.29, 1.82) is 5.26 Å². The molecule has 1 N–H and O–H groups in total. The highest BCUT2D eigenvalue weighted by Crippen LogP contribution is 2.18. The Kier molecular flexibility index (Phi) is 3.93. The summed E-state index contributed by atoms with van der Waals surface area (Å²) in [4.78, 5) is 14.1. The Bertz CT molecular complexity index is 306. The number of hydrogen-bond acceptors (Lipinski definition) is 3. The first-order valence-corrected chi connectivity index (χ1v) is 5.79. The smallest absolute Gasteiger partial charge is 0.240 e. The van der Waals surface area contributed by atoms with Gasteiger partial charge in [-0.2, -0.15) is 5.26 Å². The number of carbonyl (C=O) groups excluding carboxylic acids is 1. The Morgan fingerprint density at radius 1 is 1.56 bits per heavy atom. The van der Waals surface area contributed by atoms with Crippen molar-refractivity contribution in [2.45, 2.75) is 45.7 Å². The van der Waals surface area contributed by atoms with Gasteiger partial charge in [-0.15, -0.1) is 0 Å². The van der Waals surface area contributed by atoms with Crippen molar-refractivity contribution >= 4 is 5.91 Å². The number of nitrogens with zero attached hydrogens (tertiary/aromatic N) is 2. The second kappa shape index (κ2) is 4.84. The van der Waals surface area contributed by atoms with Gasteiger partial charge in [-0.1, -0.05) is 0 Å². The standard InChI is InChI=1S/C12H21N3O/c1-9-7-10(5-6-15(9)4)14-11(16)12(2,3)8-13/h9-10H,5-7H2,1-4H3,(H,14,16). The van der Waals surface area contributed by atoms with Crippen LogP contribution in [-0.2, 0) is 4.79 Å². The Labute approximate surface area is 97.6 Å². The first-order chi connectivity index (χ1) is 7.36. The minimum absolute atomic E-state index is 0.156. The summed E-state index contributed by atoms with van der Waals surface area (Å²) < 4.78 is 0. The summed E-state index contributed by atoms with van der Waals surface area (Å²) in [5.41, 5.74) is -0.924. The lowest BCUT2D eigenvalue weighted by Gasteiger charge is -2.36. The van der Waals surface area contributed by atoms with Gasteiger partial charge in [0.15, 0.2) is 0 Å². The molecular formula is C12H21N3O. The van der Waals surface area contributed by atoms with Crippen molar-refractivity contribution in [1.82, 2.24) is 10.2 Å². The third-order valence-electron chi connectivity index (χ3n) is 3.39. The van der Waals surface area contributed by atoms with Crippen molar-refractivity contribution in [3.8, 4) is 6.07 Å². The lowest BCUT2D eigenvalue weighted by molar-refractivity contribution is -0.127. The summed E-state index contributed by atoms with van der Waals surface area (Å²) in [5, 5.41) is 11.8. The third-order valence-corrected chi connectivity index (χ3v) is 3.39. The molecule has 0 aromatic carbocycles. The average Bonchev–Trinajstić information content (AvgIpc) is 2.23. The molecule has 1 saturated heterocycles. The van der Waals surface area contributed by atoms with Crippen LogP contribution in [-0.4, -0.2) is 36.5 Å². The maximum absolute atomic E-state index is 11.8. The van der Waals surface area contributed by atoms with Gasteiger partial charge in [0.2, 0.25) is 5.91 Å². The van der Waals surface area contributed by atoms with Gasteiger partial charge in [-0.25, -0.2) is 0 Å². The van der Waals surface area contributed by atoms with Crippen LogP contribution in [0, 0.1) is 16.7 Å². The lowest BCUT2D eigenvalue weighted by Crippen LogP contribution is -2.50. The Balaban J connectivity index is 2.51. The molecule has 0 bridgehead atoms. The van der Waals surface area contributed by atoms with Crippen LogP contribution in [0.3, 0.4) is 0 Å². The van der Waals surface area contributed by atoms with Crippen molar-refractivity contribution in [2.75, 3.05) is 13.6 Å². The maximum atomic E-state index is 11.8. The zero-order valence-corrected chi connectivity index (χ0v) is 10.6. The van der Waals surface area contributed by atoms with Gasteiger partial charge in [0.05, 0.1) is 6.07 Å². The molecule has 0 spiro atoms. The summed E-state index contributed by atoms with van der Waals surface area (Å²) in [5.74, 6) is -0.156. The highest BCUT2D eigenvalue weighted by Gasteiger charge is 2.31. The minimum atomic E-state index is -0.924. The summed E-state index contributed by atoms with van der Waals surface area (Å²) in [7, 11) is 2.10. The van der Waals surface area contributed by atoms with E-state index in [1.165, 1.54) is 0 Å². The van der Waals surface area contributed by atoms with Crippen LogP contribution in [0.1, 0.15) is 33.6 Å². The molecule has 1 heterocycles. The van der Waals surface area contributed by atoms with E-state index < -0.39 is 5.41 Å². The van der Waals surface area contributed by atoms with Crippen LogP contribution in [0.4, 0.5) is 0 Å². The van der Waals surface area contributed by atoms with Crippen LogP contribution >= 0.6 is 0 Å². The highest BCUT2D eigenvalue weighted by molar-refractivity contribution is 5.84. The quantitative estimate of drug-likeness (QED) is 0.763. The largest absolute Gasteiger partial charge is 0.352 e. The van der Waals surface area contributed by atoms with Crippen molar-refractivity contribution < 1.29 is 4.79 Å². The number of nitriles is 1. The molecule has 0 aromatic heterocycles. The fourth-order valence-electron chi connectivity index (χ4n) is 1.84. The first kappa shape index (κ1) is 13.0. The Hall–Kier alpha value is -1.08. The van der Waals surface area contributed by atoms with E-state index in [-0.39, 0.29) is 11.9 Å². The van der Waals surface area contributed by atoms with Gasteiger partial charge in [-0.05, 0) is 40.7 Å². The van der Waals surface area contributed by atoms with Gasteiger partial charge in [0, 0.05) is 18.6 Å². The highest BCUT2D eigenvalue weighted by atomic mass is 16.2. The molecule has 16 heavy (non-hydrogen) atoms. The van der Waals surface area contributed by atoms with Crippen molar-refractivity contribution in [3.05, 3.63) is 0 Å². The number of nitrogens with one attached hydrogen (secondary N) is 1. The molecule has 4 nitrogen and oxygen atoms in total. The van der Waals surface area contributed by atoms with E-state index in [0.29, 0.717) is 6.04 Å². The van der Waals surface area contributed by atoms with Crippen LogP contribution in [0.25, 0.3) is 0 Å². The van der Waals surface area contributed by atoms with Crippen LogP contribution in [0.15, 0.2) is 0 Å². The Morgan fingerprint density at radius 2 is 2.19 bits per heavy atom. The number of hydrogen-bond donors (Lipinski definition) is 1. The number of carbonyl (C=O) groups is 1. The van der Waals surface area contributed by atoms with Crippen molar-refractivity contribution in [2.24, 2.45) is 5.41 Å². The van der Waals surface area contributed by atoms with Crippen LogP contribution < -0.4 is 5.32 Å². The predicted octanol–water partition coefficient (Wildman–Crippen LogP) is 1.14. The lowest BCUT2D eigenvalue weighted by atomic mass is 9.92. The maximum Gasteiger partial charge on any atom is 0.240 e. The zero-order valence-electron chi connectivity index (χ0n) is 10.6. The van der Waals surface area contributed by atoms with Crippen molar-refractivity contribution in [3.63, 3.8) is 0 Å². The molecule has 2 atom stereocenters. The SMILES string of the molecule is CC1CC(NC(=O)C(C)(C)C#N)CCN1C. The molecule has 0 aliphatic carbocycles.